The van der Waals surface area contributed by atoms with E-state index in [9.17, 15) is 33.0 Å². The standard InChI is InChI=1S/C22H25ClFN9O7S/c1-2-3-4-15(5-12-41(38,39)40)26-22-28-20(23)27-21(29-22)25-6-7-30-8-10-31(11-9-30)18-13-16(24)17(32(34)35)14-19(18)33(36)37/h2-5,12-14H,6-11H2,1H3,(H,38,39,40)(H2,25,26,27,28,29)/b3-2+,12-5+,15-4+. The summed E-state index contributed by atoms with van der Waals surface area (Å²) < 4.78 is 45.3. The lowest BCUT2D eigenvalue weighted by Gasteiger charge is -2.35. The molecular formula is C22H25ClFN9O7S. The SMILES string of the molecule is C/C=C/C=C(\C=C\S(=O)(=O)O)Nc1nc(Cl)nc(NCCN2CCN(c3cc(F)c([N+](=O)[O-])cc3[N+](=O)[O-])CC2)n1. The average Bonchev–Trinajstić information content (AvgIpc) is 2.89. The van der Waals surface area contributed by atoms with Crippen molar-refractivity contribution in [1.29, 1.82) is 0 Å². The predicted octanol–water partition coefficient (Wildman–Crippen LogP) is 2.99. The van der Waals surface area contributed by atoms with Crippen molar-refractivity contribution in [3.05, 3.63) is 78.9 Å². The second-order valence-corrected chi connectivity index (χ2v) is 10.0. The van der Waals surface area contributed by atoms with Crippen LogP contribution in [0.15, 0.2) is 47.5 Å². The number of anilines is 3. The molecule has 0 unspecified atom stereocenters. The van der Waals surface area contributed by atoms with Crippen LogP contribution in [-0.4, -0.2) is 81.9 Å². The Balaban J connectivity index is 1.60. The number of nitrogens with zero attached hydrogens (tertiary/aromatic N) is 7. The van der Waals surface area contributed by atoms with Gasteiger partial charge in [0.25, 0.3) is 15.8 Å². The Bertz CT molecular complexity index is 1500. The summed E-state index contributed by atoms with van der Waals surface area (Å²) in [5.41, 5.74) is -1.28. The van der Waals surface area contributed by atoms with Crippen LogP contribution in [0.25, 0.3) is 0 Å². The topological polar surface area (TPSA) is 210 Å². The first-order valence-electron chi connectivity index (χ1n) is 11.9. The Labute approximate surface area is 238 Å². The Morgan fingerprint density at radius 3 is 2.39 bits per heavy atom. The van der Waals surface area contributed by atoms with E-state index in [1.807, 2.05) is 4.90 Å². The van der Waals surface area contributed by atoms with Crippen molar-refractivity contribution < 1.29 is 27.2 Å². The van der Waals surface area contributed by atoms with Gasteiger partial charge in [0.15, 0.2) is 0 Å². The van der Waals surface area contributed by atoms with E-state index in [0.717, 1.165) is 12.1 Å². The molecule has 220 valence electrons. The van der Waals surface area contributed by atoms with E-state index >= 15 is 0 Å². The molecule has 19 heteroatoms. The number of halogens is 2. The number of allylic oxidation sites excluding steroid dienone is 4. The maximum atomic E-state index is 14.2. The van der Waals surface area contributed by atoms with Crippen molar-refractivity contribution in [2.24, 2.45) is 0 Å². The Kier molecular flexibility index (Phi) is 10.6. The van der Waals surface area contributed by atoms with E-state index in [1.165, 1.54) is 6.08 Å². The van der Waals surface area contributed by atoms with Crippen molar-refractivity contribution >= 4 is 50.7 Å². The number of nitro groups is 2. The third kappa shape index (κ3) is 9.41. The molecule has 0 aliphatic carbocycles. The zero-order chi connectivity index (χ0) is 30.2. The highest BCUT2D eigenvalue weighted by molar-refractivity contribution is 7.88. The van der Waals surface area contributed by atoms with Crippen LogP contribution in [0.5, 0.6) is 0 Å². The fourth-order valence-corrected chi connectivity index (χ4v) is 4.21. The predicted molar refractivity (Wildman–Crippen MR) is 149 cm³/mol. The van der Waals surface area contributed by atoms with Gasteiger partial charge in [-0.15, -0.1) is 0 Å². The van der Waals surface area contributed by atoms with Gasteiger partial charge in [0.2, 0.25) is 23.0 Å². The molecule has 1 aliphatic heterocycles. The molecule has 0 bridgehead atoms. The highest BCUT2D eigenvalue weighted by atomic mass is 35.5. The number of hydrogen-bond donors (Lipinski definition) is 3. The van der Waals surface area contributed by atoms with Crippen molar-refractivity contribution in [1.82, 2.24) is 19.9 Å². The lowest BCUT2D eigenvalue weighted by atomic mass is 10.2. The quantitative estimate of drug-likeness (QED) is 0.136. The third-order valence-corrected chi connectivity index (χ3v) is 6.26. The summed E-state index contributed by atoms with van der Waals surface area (Å²) in [5, 5.41) is 28.7. The van der Waals surface area contributed by atoms with Crippen LogP contribution in [0.1, 0.15) is 6.92 Å². The summed E-state index contributed by atoms with van der Waals surface area (Å²) in [5.74, 6) is -1.01. The third-order valence-electron chi connectivity index (χ3n) is 5.61. The number of hydrogen-bond acceptors (Lipinski definition) is 13. The maximum Gasteiger partial charge on any atom is 0.311 e. The van der Waals surface area contributed by atoms with Gasteiger partial charge in [0.1, 0.15) is 5.69 Å². The minimum Gasteiger partial charge on any atom is -0.363 e. The van der Waals surface area contributed by atoms with Crippen molar-refractivity contribution in [2.45, 2.75) is 6.92 Å². The highest BCUT2D eigenvalue weighted by Gasteiger charge is 2.29. The largest absolute Gasteiger partial charge is 0.363 e. The van der Waals surface area contributed by atoms with E-state index in [1.54, 1.807) is 24.0 Å². The highest BCUT2D eigenvalue weighted by Crippen LogP contribution is 2.34. The van der Waals surface area contributed by atoms with Gasteiger partial charge in [0, 0.05) is 51.0 Å². The molecule has 0 saturated carbocycles. The molecular weight excluding hydrogens is 589 g/mol. The van der Waals surface area contributed by atoms with E-state index in [4.69, 9.17) is 16.2 Å². The minimum absolute atomic E-state index is 0.00813. The molecule has 1 saturated heterocycles. The molecule has 2 heterocycles. The molecule has 0 amide bonds. The first-order valence-corrected chi connectivity index (χ1v) is 13.7. The molecule has 3 N–H and O–H groups in total. The van der Waals surface area contributed by atoms with Gasteiger partial charge < -0.3 is 15.5 Å². The fourth-order valence-electron chi connectivity index (χ4n) is 3.73. The zero-order valence-electron chi connectivity index (χ0n) is 21.5. The Morgan fingerprint density at radius 1 is 1.12 bits per heavy atom. The fraction of sp³-hybridized carbons (Fsp3) is 0.318. The molecule has 1 fully saturated rings. The van der Waals surface area contributed by atoms with E-state index in [0.29, 0.717) is 50.7 Å². The van der Waals surface area contributed by atoms with E-state index in [-0.39, 0.29) is 28.6 Å². The summed E-state index contributed by atoms with van der Waals surface area (Å²) in [6.45, 7) is 4.23. The summed E-state index contributed by atoms with van der Waals surface area (Å²) in [4.78, 5) is 36.5. The lowest BCUT2D eigenvalue weighted by Crippen LogP contribution is -2.47. The molecule has 1 aromatic carbocycles. The smallest absolute Gasteiger partial charge is 0.311 e. The molecule has 2 aromatic rings. The number of aromatic nitrogens is 3. The van der Waals surface area contributed by atoms with Gasteiger partial charge in [-0.2, -0.15) is 27.8 Å². The minimum atomic E-state index is -4.36. The van der Waals surface area contributed by atoms with Gasteiger partial charge in [-0.1, -0.05) is 12.2 Å². The van der Waals surface area contributed by atoms with Crippen molar-refractivity contribution in [3.63, 3.8) is 0 Å². The van der Waals surface area contributed by atoms with Gasteiger partial charge in [-0.05, 0) is 30.7 Å². The molecule has 1 aliphatic rings. The van der Waals surface area contributed by atoms with Gasteiger partial charge in [0.05, 0.1) is 21.3 Å². The molecule has 1 aromatic heterocycles. The van der Waals surface area contributed by atoms with Crippen molar-refractivity contribution in [2.75, 3.05) is 54.8 Å². The number of rotatable bonds is 12. The summed E-state index contributed by atoms with van der Waals surface area (Å²) >= 11 is 6.01. The maximum absolute atomic E-state index is 14.2. The van der Waals surface area contributed by atoms with Crippen LogP contribution in [0.4, 0.5) is 33.3 Å². The molecule has 0 atom stereocenters. The number of nitrogens with one attached hydrogen (secondary N) is 2. The van der Waals surface area contributed by atoms with Crippen molar-refractivity contribution in [3.8, 4) is 0 Å². The number of piperazine rings is 1. The second-order valence-electron chi connectivity index (χ2n) is 8.40. The number of nitro benzene ring substituents is 2. The summed E-state index contributed by atoms with van der Waals surface area (Å²) in [6.07, 6.45) is 5.95. The Morgan fingerprint density at radius 2 is 1.78 bits per heavy atom. The lowest BCUT2D eigenvalue weighted by molar-refractivity contribution is -0.395. The molecule has 41 heavy (non-hydrogen) atoms. The van der Waals surface area contributed by atoms with E-state index < -0.39 is 37.2 Å². The van der Waals surface area contributed by atoms with Gasteiger partial charge in [-0.3, -0.25) is 29.7 Å². The van der Waals surface area contributed by atoms with Crippen LogP contribution >= 0.6 is 11.6 Å². The van der Waals surface area contributed by atoms with E-state index in [2.05, 4.69) is 25.6 Å². The van der Waals surface area contributed by atoms with Crippen LogP contribution in [0.2, 0.25) is 5.28 Å². The Hall–Kier alpha value is -4.26. The molecule has 0 spiro atoms. The van der Waals surface area contributed by atoms with Gasteiger partial charge in [-0.25, -0.2) is 0 Å². The van der Waals surface area contributed by atoms with Crippen LogP contribution in [0, 0.1) is 26.0 Å². The zero-order valence-corrected chi connectivity index (χ0v) is 23.0. The monoisotopic (exact) mass is 613 g/mol. The van der Waals surface area contributed by atoms with Crippen LogP contribution in [0.3, 0.4) is 0 Å². The molecule has 16 nitrogen and oxygen atoms in total. The summed E-state index contributed by atoms with van der Waals surface area (Å²) in [7, 11) is -4.36. The summed E-state index contributed by atoms with van der Waals surface area (Å²) in [6, 6.07) is 1.45. The van der Waals surface area contributed by atoms with Crippen LogP contribution < -0.4 is 15.5 Å². The first-order chi connectivity index (χ1) is 19.4. The second kappa shape index (κ2) is 13.9. The molecule has 0 radical (unpaired) electrons. The van der Waals surface area contributed by atoms with Crippen LogP contribution in [-0.2, 0) is 10.1 Å². The molecule has 3 rings (SSSR count). The average molecular weight is 614 g/mol. The number of benzene rings is 1. The van der Waals surface area contributed by atoms with Gasteiger partial charge >= 0.3 is 5.69 Å². The first kappa shape index (κ1) is 31.3. The normalized spacial score (nSPS) is 15.0.